The molecule has 1 aromatic rings. The lowest BCUT2D eigenvalue weighted by Crippen LogP contribution is -2.23. The molecule has 1 atom stereocenters. The van der Waals surface area contributed by atoms with Crippen molar-refractivity contribution in [3.63, 3.8) is 0 Å². The SMILES string of the molecule is CC(F)c1cc2c(c(C(C)(C)CO)c1)OCO2. The molecule has 2 rings (SSSR count). The Morgan fingerprint density at radius 2 is 2.12 bits per heavy atom. The second kappa shape index (κ2) is 4.18. The molecule has 3 nitrogen and oxygen atoms in total. The second-order valence-corrected chi connectivity index (χ2v) is 4.96. The molecule has 0 radical (unpaired) electrons. The molecule has 1 N–H and O–H groups in total. The number of rotatable bonds is 3. The van der Waals surface area contributed by atoms with Crippen LogP contribution >= 0.6 is 0 Å². The molecule has 1 aromatic carbocycles. The van der Waals surface area contributed by atoms with Gasteiger partial charge in [0.15, 0.2) is 11.5 Å². The first kappa shape index (κ1) is 12.2. The smallest absolute Gasteiger partial charge is 0.231 e. The van der Waals surface area contributed by atoms with Gasteiger partial charge in [-0.05, 0) is 24.6 Å². The zero-order valence-electron chi connectivity index (χ0n) is 10.3. The highest BCUT2D eigenvalue weighted by Gasteiger charge is 2.30. The van der Waals surface area contributed by atoms with Crippen LogP contribution in [0.5, 0.6) is 11.5 Å². The minimum atomic E-state index is -1.07. The van der Waals surface area contributed by atoms with Crippen LogP contribution in [0.25, 0.3) is 0 Å². The average molecular weight is 240 g/mol. The summed E-state index contributed by atoms with van der Waals surface area (Å²) in [7, 11) is 0. The Labute approximate surface area is 100 Å². The summed E-state index contributed by atoms with van der Waals surface area (Å²) in [5.74, 6) is 1.18. The summed E-state index contributed by atoms with van der Waals surface area (Å²) in [6, 6.07) is 3.40. The minimum Gasteiger partial charge on any atom is -0.454 e. The van der Waals surface area contributed by atoms with Gasteiger partial charge >= 0.3 is 0 Å². The van der Waals surface area contributed by atoms with Crippen molar-refractivity contribution >= 4 is 0 Å². The van der Waals surface area contributed by atoms with Crippen molar-refractivity contribution in [1.29, 1.82) is 0 Å². The van der Waals surface area contributed by atoms with Crippen molar-refractivity contribution in [2.45, 2.75) is 32.4 Å². The van der Waals surface area contributed by atoms with Gasteiger partial charge in [0.05, 0.1) is 6.61 Å². The Balaban J connectivity index is 2.57. The molecule has 0 aromatic heterocycles. The molecule has 17 heavy (non-hydrogen) atoms. The quantitative estimate of drug-likeness (QED) is 0.882. The van der Waals surface area contributed by atoms with E-state index in [-0.39, 0.29) is 13.4 Å². The largest absolute Gasteiger partial charge is 0.454 e. The number of hydrogen-bond donors (Lipinski definition) is 1. The number of halogens is 1. The van der Waals surface area contributed by atoms with Crippen LogP contribution < -0.4 is 9.47 Å². The molecular weight excluding hydrogens is 223 g/mol. The third-order valence-corrected chi connectivity index (χ3v) is 3.08. The molecule has 0 saturated heterocycles. The van der Waals surface area contributed by atoms with E-state index in [4.69, 9.17) is 9.47 Å². The first-order valence-corrected chi connectivity index (χ1v) is 5.64. The Bertz CT molecular complexity index is 427. The van der Waals surface area contributed by atoms with E-state index in [2.05, 4.69) is 0 Å². The van der Waals surface area contributed by atoms with E-state index in [1.54, 1.807) is 12.1 Å². The predicted octanol–water partition coefficient (Wildman–Crippen LogP) is 2.72. The number of fused-ring (bicyclic) bond motifs is 1. The average Bonchev–Trinajstić information content (AvgIpc) is 2.75. The van der Waals surface area contributed by atoms with Gasteiger partial charge in [-0.25, -0.2) is 4.39 Å². The van der Waals surface area contributed by atoms with E-state index < -0.39 is 11.6 Å². The second-order valence-electron chi connectivity index (χ2n) is 4.96. The van der Waals surface area contributed by atoms with E-state index in [0.29, 0.717) is 17.1 Å². The van der Waals surface area contributed by atoms with Gasteiger partial charge in [0.1, 0.15) is 6.17 Å². The highest BCUT2D eigenvalue weighted by molar-refractivity contribution is 5.54. The molecule has 0 saturated carbocycles. The van der Waals surface area contributed by atoms with Crippen molar-refractivity contribution < 1.29 is 19.0 Å². The number of aliphatic hydroxyl groups excluding tert-OH is 1. The molecule has 1 aliphatic rings. The van der Waals surface area contributed by atoms with Gasteiger partial charge in [0.2, 0.25) is 6.79 Å². The van der Waals surface area contributed by atoms with Gasteiger partial charge in [0, 0.05) is 11.0 Å². The summed E-state index contributed by atoms with van der Waals surface area (Å²) >= 11 is 0. The molecule has 1 unspecified atom stereocenters. The third kappa shape index (κ3) is 2.09. The summed E-state index contributed by atoms with van der Waals surface area (Å²) in [4.78, 5) is 0. The van der Waals surface area contributed by atoms with Crippen LogP contribution in [0, 0.1) is 0 Å². The highest BCUT2D eigenvalue weighted by atomic mass is 19.1. The van der Waals surface area contributed by atoms with Crippen molar-refractivity contribution in [3.05, 3.63) is 23.3 Å². The van der Waals surface area contributed by atoms with Gasteiger partial charge in [-0.2, -0.15) is 0 Å². The molecule has 1 aliphatic heterocycles. The van der Waals surface area contributed by atoms with E-state index in [0.717, 1.165) is 5.56 Å². The molecule has 0 aliphatic carbocycles. The van der Waals surface area contributed by atoms with Crippen LogP contribution in [-0.2, 0) is 5.41 Å². The molecule has 0 fully saturated rings. The fraction of sp³-hybridized carbons (Fsp3) is 0.538. The minimum absolute atomic E-state index is 0.0348. The van der Waals surface area contributed by atoms with E-state index in [1.165, 1.54) is 6.92 Å². The number of benzene rings is 1. The van der Waals surface area contributed by atoms with E-state index in [9.17, 15) is 9.50 Å². The Kier molecular flexibility index (Phi) is 3.00. The van der Waals surface area contributed by atoms with Crippen molar-refractivity contribution in [2.24, 2.45) is 0 Å². The zero-order valence-corrected chi connectivity index (χ0v) is 10.3. The summed E-state index contributed by atoms with van der Waals surface area (Å²) in [6.07, 6.45) is -1.07. The van der Waals surface area contributed by atoms with Crippen LogP contribution in [-0.4, -0.2) is 18.5 Å². The fourth-order valence-corrected chi connectivity index (χ4v) is 1.85. The summed E-state index contributed by atoms with van der Waals surface area (Å²) < 4.78 is 24.1. The third-order valence-electron chi connectivity index (χ3n) is 3.08. The van der Waals surface area contributed by atoms with Crippen LogP contribution in [0.1, 0.15) is 38.1 Å². The van der Waals surface area contributed by atoms with Crippen LogP contribution in [0.3, 0.4) is 0 Å². The topological polar surface area (TPSA) is 38.7 Å². The number of aliphatic hydroxyl groups is 1. The van der Waals surface area contributed by atoms with Crippen molar-refractivity contribution in [3.8, 4) is 11.5 Å². The lowest BCUT2D eigenvalue weighted by atomic mass is 9.83. The van der Waals surface area contributed by atoms with Crippen molar-refractivity contribution in [2.75, 3.05) is 13.4 Å². The first-order valence-electron chi connectivity index (χ1n) is 5.64. The van der Waals surface area contributed by atoms with E-state index >= 15 is 0 Å². The van der Waals surface area contributed by atoms with Gasteiger partial charge in [0.25, 0.3) is 0 Å². The molecular formula is C13H17FO3. The normalized spacial score (nSPS) is 16.1. The van der Waals surface area contributed by atoms with Gasteiger partial charge < -0.3 is 14.6 Å². The lowest BCUT2D eigenvalue weighted by Gasteiger charge is -2.24. The molecule has 4 heteroatoms. The Morgan fingerprint density at radius 3 is 2.71 bits per heavy atom. The van der Waals surface area contributed by atoms with E-state index in [1.807, 2.05) is 13.8 Å². The molecule has 0 amide bonds. The van der Waals surface area contributed by atoms with Gasteiger partial charge in [-0.15, -0.1) is 0 Å². The van der Waals surface area contributed by atoms with Gasteiger partial charge in [-0.1, -0.05) is 13.8 Å². The summed E-state index contributed by atoms with van der Waals surface area (Å²) in [5.41, 5.74) is 0.850. The van der Waals surface area contributed by atoms with Crippen LogP contribution in [0.4, 0.5) is 4.39 Å². The number of ether oxygens (including phenoxy) is 2. The maximum atomic E-state index is 13.4. The fourth-order valence-electron chi connectivity index (χ4n) is 1.85. The standard InChI is InChI=1S/C13H17FO3/c1-8(14)9-4-10(13(2,3)6-15)12-11(5-9)16-7-17-12/h4-5,8,15H,6-7H2,1-3H3. The van der Waals surface area contributed by atoms with Gasteiger partial charge in [-0.3, -0.25) is 0 Å². The predicted molar refractivity (Wildman–Crippen MR) is 62.2 cm³/mol. The zero-order chi connectivity index (χ0) is 12.6. The van der Waals surface area contributed by atoms with Crippen molar-refractivity contribution in [1.82, 2.24) is 0 Å². The van der Waals surface area contributed by atoms with Crippen LogP contribution in [0.15, 0.2) is 12.1 Å². The van der Waals surface area contributed by atoms with Crippen LogP contribution in [0.2, 0.25) is 0 Å². The first-order chi connectivity index (χ1) is 7.95. The lowest BCUT2D eigenvalue weighted by molar-refractivity contribution is 0.169. The molecule has 1 heterocycles. The summed E-state index contributed by atoms with van der Waals surface area (Å²) in [6.45, 7) is 5.36. The number of alkyl halides is 1. The highest BCUT2D eigenvalue weighted by Crippen LogP contribution is 2.43. The Hall–Kier alpha value is -1.29. The Morgan fingerprint density at radius 1 is 1.41 bits per heavy atom. The maximum Gasteiger partial charge on any atom is 0.231 e. The molecule has 0 spiro atoms. The molecule has 0 bridgehead atoms. The monoisotopic (exact) mass is 240 g/mol. The number of hydrogen-bond acceptors (Lipinski definition) is 3. The maximum absolute atomic E-state index is 13.4. The molecule has 94 valence electrons. The summed E-state index contributed by atoms with van der Waals surface area (Å²) in [5, 5.41) is 9.42.